The minimum absolute atomic E-state index is 0.224. The molecule has 0 aromatic carbocycles. The van der Waals surface area contributed by atoms with Gasteiger partial charge in [0.15, 0.2) is 24.6 Å². The molecule has 6 atom stereocenters. The van der Waals surface area contributed by atoms with E-state index in [9.17, 15) is 19.2 Å². The molecule has 242 valence electrons. The SMILES string of the molecule is CC(=O)CCCCCCCCCCCCCCCOC1(C)O[C@H]2O[C@H](COC(C)=O)[C@@H](OC(C)=O)[C@H](OC(C)=O)[C@H]2O1. The molecule has 0 N–H and O–H groups in total. The lowest BCUT2D eigenvalue weighted by molar-refractivity contribution is -0.344. The number of ketones is 1. The standard InChI is InChI=1S/C31H52O11/c1-22(32)19-17-15-13-11-9-7-6-8-10-12-14-16-18-20-37-31(5)41-29-28(39-25(4)35)27(38-24(3)34)26(21-36-23(2)33)40-30(29)42-31/h26-30H,6-21H2,1-5H3/t26-,27-,28+,29-,30-,31?/m1/s1. The maximum absolute atomic E-state index is 11.9. The smallest absolute Gasteiger partial charge is 0.303 e. The van der Waals surface area contributed by atoms with Gasteiger partial charge in [0, 0.05) is 34.1 Å². The number of fused-ring (bicyclic) bond motifs is 1. The van der Waals surface area contributed by atoms with E-state index >= 15 is 0 Å². The summed E-state index contributed by atoms with van der Waals surface area (Å²) in [6.45, 7) is 7.18. The number of hydrogen-bond donors (Lipinski definition) is 0. The molecular formula is C31H52O11. The largest absolute Gasteiger partial charge is 0.463 e. The van der Waals surface area contributed by atoms with E-state index in [4.69, 9.17) is 33.2 Å². The van der Waals surface area contributed by atoms with Gasteiger partial charge >= 0.3 is 17.9 Å². The molecular weight excluding hydrogens is 548 g/mol. The Morgan fingerprint density at radius 2 is 1.14 bits per heavy atom. The van der Waals surface area contributed by atoms with Crippen molar-refractivity contribution < 1.29 is 52.3 Å². The fraction of sp³-hybridized carbons (Fsp3) is 0.871. The zero-order chi connectivity index (χ0) is 31.0. The third-order valence-electron chi connectivity index (χ3n) is 7.36. The van der Waals surface area contributed by atoms with Crippen LogP contribution in [0.3, 0.4) is 0 Å². The Morgan fingerprint density at radius 1 is 0.643 bits per heavy atom. The number of ether oxygens (including phenoxy) is 7. The normalized spacial score (nSPS) is 26.8. The lowest BCUT2D eigenvalue weighted by atomic mass is 9.98. The van der Waals surface area contributed by atoms with Gasteiger partial charge in [0.1, 0.15) is 18.5 Å². The zero-order valence-corrected chi connectivity index (χ0v) is 26.2. The Labute approximate surface area is 250 Å². The third-order valence-corrected chi connectivity index (χ3v) is 7.36. The van der Waals surface area contributed by atoms with Crippen molar-refractivity contribution in [3.63, 3.8) is 0 Å². The van der Waals surface area contributed by atoms with Gasteiger partial charge in [-0.25, -0.2) is 0 Å². The maximum Gasteiger partial charge on any atom is 0.303 e. The first-order valence-corrected chi connectivity index (χ1v) is 15.6. The Morgan fingerprint density at radius 3 is 1.64 bits per heavy atom. The minimum Gasteiger partial charge on any atom is -0.463 e. The second-order valence-corrected chi connectivity index (χ2v) is 11.5. The number of rotatable bonds is 21. The molecule has 2 heterocycles. The highest BCUT2D eigenvalue weighted by atomic mass is 16.9. The zero-order valence-electron chi connectivity index (χ0n) is 26.2. The summed E-state index contributed by atoms with van der Waals surface area (Å²) in [7, 11) is 0. The van der Waals surface area contributed by atoms with Crippen molar-refractivity contribution in [1.29, 1.82) is 0 Å². The van der Waals surface area contributed by atoms with Gasteiger partial charge in [-0.15, -0.1) is 0 Å². The van der Waals surface area contributed by atoms with Crippen molar-refractivity contribution >= 4 is 23.7 Å². The van der Waals surface area contributed by atoms with E-state index in [1.54, 1.807) is 13.8 Å². The molecule has 11 heteroatoms. The summed E-state index contributed by atoms with van der Waals surface area (Å²) < 4.78 is 39.8. The Balaban J connectivity index is 1.67. The number of esters is 3. The molecule has 0 aromatic rings. The number of Topliss-reactive ketones (excluding diaryl/α,β-unsaturated/α-hetero) is 1. The first-order chi connectivity index (χ1) is 20.0. The predicted octanol–water partition coefficient (Wildman–Crippen LogP) is 5.29. The fourth-order valence-corrected chi connectivity index (χ4v) is 5.32. The van der Waals surface area contributed by atoms with Gasteiger partial charge in [-0.1, -0.05) is 70.6 Å². The Hall–Kier alpha value is -2.08. The van der Waals surface area contributed by atoms with Crippen molar-refractivity contribution in [2.24, 2.45) is 0 Å². The van der Waals surface area contributed by atoms with E-state index in [2.05, 4.69) is 0 Å². The maximum atomic E-state index is 11.9. The van der Waals surface area contributed by atoms with Gasteiger partial charge in [-0.2, -0.15) is 0 Å². The summed E-state index contributed by atoms with van der Waals surface area (Å²) in [5.74, 6) is -2.90. The van der Waals surface area contributed by atoms with Crippen LogP contribution in [0.25, 0.3) is 0 Å². The van der Waals surface area contributed by atoms with Crippen molar-refractivity contribution in [2.45, 2.75) is 161 Å². The molecule has 11 nitrogen and oxygen atoms in total. The highest BCUT2D eigenvalue weighted by Gasteiger charge is 2.59. The molecule has 0 aliphatic carbocycles. The van der Waals surface area contributed by atoms with E-state index in [0.29, 0.717) is 12.4 Å². The van der Waals surface area contributed by atoms with Gasteiger partial charge in [0.25, 0.3) is 5.97 Å². The number of carbonyl (C=O) groups excluding carboxylic acids is 4. The van der Waals surface area contributed by atoms with Crippen LogP contribution in [0.15, 0.2) is 0 Å². The van der Waals surface area contributed by atoms with Crippen LogP contribution in [0.4, 0.5) is 0 Å². The van der Waals surface area contributed by atoms with Crippen molar-refractivity contribution in [2.75, 3.05) is 13.2 Å². The molecule has 0 radical (unpaired) electrons. The molecule has 0 saturated carbocycles. The van der Waals surface area contributed by atoms with E-state index in [1.807, 2.05) is 0 Å². The summed E-state index contributed by atoms with van der Waals surface area (Å²) in [6.07, 6.45) is 11.0. The summed E-state index contributed by atoms with van der Waals surface area (Å²) in [4.78, 5) is 46.0. The van der Waals surface area contributed by atoms with Gasteiger partial charge in [-0.3, -0.25) is 19.1 Å². The topological polar surface area (TPSA) is 133 Å². The van der Waals surface area contributed by atoms with E-state index < -0.39 is 54.6 Å². The molecule has 0 spiro atoms. The van der Waals surface area contributed by atoms with Crippen LogP contribution in [0.5, 0.6) is 0 Å². The highest BCUT2D eigenvalue weighted by Crippen LogP contribution is 2.39. The number of hydrogen-bond acceptors (Lipinski definition) is 11. The van der Waals surface area contributed by atoms with Crippen LogP contribution in [0.2, 0.25) is 0 Å². The summed E-state index contributed by atoms with van der Waals surface area (Å²) in [6, 6.07) is 0. The van der Waals surface area contributed by atoms with E-state index in [-0.39, 0.29) is 6.61 Å². The minimum atomic E-state index is -1.45. The lowest BCUT2D eigenvalue weighted by Crippen LogP contribution is -2.60. The molecule has 0 aromatic heterocycles. The molecule has 2 rings (SSSR count). The first-order valence-electron chi connectivity index (χ1n) is 15.6. The highest BCUT2D eigenvalue weighted by molar-refractivity contribution is 5.75. The molecule has 0 amide bonds. The summed E-state index contributed by atoms with van der Waals surface area (Å²) in [5.41, 5.74) is 0. The van der Waals surface area contributed by atoms with Crippen molar-refractivity contribution in [1.82, 2.24) is 0 Å². The molecule has 2 aliphatic rings. The van der Waals surface area contributed by atoms with Crippen LogP contribution >= 0.6 is 0 Å². The summed E-state index contributed by atoms with van der Waals surface area (Å²) in [5, 5.41) is 0. The predicted molar refractivity (Wildman–Crippen MR) is 152 cm³/mol. The van der Waals surface area contributed by atoms with Crippen LogP contribution < -0.4 is 0 Å². The van der Waals surface area contributed by atoms with Gasteiger partial charge in [0.2, 0.25) is 0 Å². The monoisotopic (exact) mass is 600 g/mol. The number of carbonyl (C=O) groups is 4. The first kappa shape index (κ1) is 36.1. The van der Waals surface area contributed by atoms with E-state index in [0.717, 1.165) is 32.1 Å². The van der Waals surface area contributed by atoms with Gasteiger partial charge in [0.05, 0.1) is 6.61 Å². The molecule has 1 unspecified atom stereocenters. The Kier molecular flexibility index (Phi) is 16.6. The molecule has 2 fully saturated rings. The second-order valence-electron chi connectivity index (χ2n) is 11.5. The van der Waals surface area contributed by atoms with Crippen molar-refractivity contribution in [3.8, 4) is 0 Å². The Bertz CT molecular complexity index is 847. The van der Waals surface area contributed by atoms with Gasteiger partial charge in [-0.05, 0) is 19.8 Å². The molecule has 2 aliphatic heterocycles. The second kappa shape index (κ2) is 19.2. The molecule has 0 bridgehead atoms. The third kappa shape index (κ3) is 13.9. The van der Waals surface area contributed by atoms with Crippen LogP contribution in [-0.2, 0) is 52.3 Å². The van der Waals surface area contributed by atoms with Crippen LogP contribution in [0, 0.1) is 0 Å². The molecule has 2 saturated heterocycles. The van der Waals surface area contributed by atoms with Crippen LogP contribution in [0.1, 0.15) is 125 Å². The van der Waals surface area contributed by atoms with Gasteiger partial charge < -0.3 is 33.2 Å². The average Bonchev–Trinajstić information content (AvgIpc) is 3.24. The van der Waals surface area contributed by atoms with Crippen LogP contribution in [-0.4, -0.2) is 73.6 Å². The molecule has 42 heavy (non-hydrogen) atoms. The summed E-state index contributed by atoms with van der Waals surface area (Å²) >= 11 is 0. The lowest BCUT2D eigenvalue weighted by Gasteiger charge is -2.40. The average molecular weight is 601 g/mol. The van der Waals surface area contributed by atoms with Crippen molar-refractivity contribution in [3.05, 3.63) is 0 Å². The number of unbranched alkanes of at least 4 members (excludes halogenated alkanes) is 12. The quantitative estimate of drug-likeness (QED) is 0.0966. The fourth-order valence-electron chi connectivity index (χ4n) is 5.32. The van der Waals surface area contributed by atoms with E-state index in [1.165, 1.54) is 78.6 Å².